The molecule has 1 saturated carbocycles. The van der Waals surface area contributed by atoms with Crippen molar-refractivity contribution >= 4 is 34.3 Å². The zero-order valence-electron chi connectivity index (χ0n) is 35.3. The van der Waals surface area contributed by atoms with Gasteiger partial charge in [0, 0.05) is 54.3 Å². The first-order chi connectivity index (χ1) is 30.1. The van der Waals surface area contributed by atoms with Gasteiger partial charge < -0.3 is 35.8 Å². The van der Waals surface area contributed by atoms with Crippen molar-refractivity contribution in [2.75, 3.05) is 30.4 Å². The Kier molecular flexibility index (Phi) is 14.8. The van der Waals surface area contributed by atoms with Crippen LogP contribution in [0.15, 0.2) is 132 Å². The van der Waals surface area contributed by atoms with Crippen LogP contribution in [0.3, 0.4) is 0 Å². The molecule has 6 N–H and O–H groups in total. The molecule has 1 fully saturated rings. The van der Waals surface area contributed by atoms with Crippen LogP contribution in [0.5, 0.6) is 5.75 Å². The van der Waals surface area contributed by atoms with Gasteiger partial charge in [-0.2, -0.15) is 0 Å². The third-order valence-corrected chi connectivity index (χ3v) is 12.1. The fourth-order valence-electron chi connectivity index (χ4n) is 8.76. The van der Waals surface area contributed by atoms with E-state index in [-0.39, 0.29) is 29.8 Å². The van der Waals surface area contributed by atoms with Crippen LogP contribution >= 0.6 is 0 Å². The summed E-state index contributed by atoms with van der Waals surface area (Å²) >= 11 is 0. The topological polar surface area (TPSA) is 158 Å². The maximum atomic E-state index is 13.1. The summed E-state index contributed by atoms with van der Waals surface area (Å²) in [5.74, 6) is -0.157. The maximum Gasteiger partial charge on any atom is 0.412 e. The van der Waals surface area contributed by atoms with Crippen LogP contribution in [0, 0.1) is 0 Å². The molecule has 0 spiro atoms. The summed E-state index contributed by atoms with van der Waals surface area (Å²) < 4.78 is 0. The lowest BCUT2D eigenvalue weighted by Gasteiger charge is -2.39. The number of nitrogens with one attached hydrogen (secondary N) is 3. The van der Waals surface area contributed by atoms with E-state index in [2.05, 4.69) is 51.8 Å². The summed E-state index contributed by atoms with van der Waals surface area (Å²) in [5.41, 5.74) is 7.09. The molecule has 6 aromatic rings. The van der Waals surface area contributed by atoms with Crippen molar-refractivity contribution in [3.8, 4) is 16.9 Å². The molecule has 1 aliphatic carbocycles. The van der Waals surface area contributed by atoms with Crippen LogP contribution in [-0.4, -0.2) is 69.4 Å². The Morgan fingerprint density at radius 2 is 1.45 bits per heavy atom. The molecule has 5 aromatic carbocycles. The fraction of sp³-hybridized carbons (Fsp3) is 0.314. The molecule has 11 heteroatoms. The number of rotatable bonds is 18. The first kappa shape index (κ1) is 43.8. The van der Waals surface area contributed by atoms with Gasteiger partial charge in [-0.15, -0.1) is 0 Å². The lowest BCUT2D eigenvalue weighted by Crippen LogP contribution is -2.45. The lowest BCUT2D eigenvalue weighted by molar-refractivity contribution is -0.116. The minimum atomic E-state index is -0.944. The van der Waals surface area contributed by atoms with E-state index >= 15 is 0 Å². The second-order valence-electron chi connectivity index (χ2n) is 16.4. The average Bonchev–Trinajstić information content (AvgIpc) is 3.28. The molecule has 0 radical (unpaired) electrons. The number of aliphatic hydroxyl groups excluding tert-OH is 1. The Labute approximate surface area is 363 Å². The summed E-state index contributed by atoms with van der Waals surface area (Å²) in [6.07, 6.45) is 5.33. The average molecular weight is 836 g/mol. The Morgan fingerprint density at radius 1 is 0.774 bits per heavy atom. The first-order valence-corrected chi connectivity index (χ1v) is 21.7. The highest BCUT2D eigenvalue weighted by molar-refractivity contribution is 5.94. The molecule has 0 bridgehead atoms. The van der Waals surface area contributed by atoms with Crippen molar-refractivity contribution in [3.05, 3.63) is 160 Å². The van der Waals surface area contributed by atoms with Crippen LogP contribution in [0.4, 0.5) is 16.2 Å². The second kappa shape index (κ2) is 21.0. The van der Waals surface area contributed by atoms with Gasteiger partial charge in [0.25, 0.3) is 0 Å². The van der Waals surface area contributed by atoms with Crippen LogP contribution in [0.2, 0.25) is 0 Å². The van der Waals surface area contributed by atoms with E-state index in [1.54, 1.807) is 17.0 Å². The molecule has 1 atom stereocenters. The molecule has 1 heterocycles. The molecule has 7 rings (SSSR count). The van der Waals surface area contributed by atoms with E-state index in [1.165, 1.54) is 17.7 Å². The number of carboxylic acid groups (broad SMARTS) is 1. The smallest absolute Gasteiger partial charge is 0.412 e. The monoisotopic (exact) mass is 835 g/mol. The number of carbonyl (C=O) groups is 2. The van der Waals surface area contributed by atoms with Gasteiger partial charge in [0.05, 0.1) is 17.3 Å². The number of nitrogens with zero attached hydrogens (tertiary/aromatic N) is 2. The third-order valence-electron chi connectivity index (χ3n) is 12.1. The Balaban J connectivity index is 0.910. The van der Waals surface area contributed by atoms with Crippen molar-refractivity contribution in [2.24, 2.45) is 0 Å². The zero-order valence-corrected chi connectivity index (χ0v) is 35.3. The molecular weight excluding hydrogens is 779 g/mol. The number of aliphatic hydroxyl groups is 1. The number of carbonyl (C=O) groups excluding carboxylic acids is 1. The molecule has 1 aliphatic rings. The number of aromatic nitrogens is 1. The van der Waals surface area contributed by atoms with Gasteiger partial charge in [0.1, 0.15) is 5.75 Å². The largest absolute Gasteiger partial charge is 0.506 e. The Morgan fingerprint density at radius 3 is 2.18 bits per heavy atom. The number of anilines is 2. The summed E-state index contributed by atoms with van der Waals surface area (Å²) in [5, 5.41) is 38.6. The molecule has 62 heavy (non-hydrogen) atoms. The van der Waals surface area contributed by atoms with Crippen molar-refractivity contribution in [2.45, 2.75) is 82.5 Å². The SMILES string of the molecule is CN(CCCc1ccccc1)[C@H]1CC[C@H](N(C(=O)O)c2cc(CCCC(=O)Nc3ccc(CNCC(O)c4ccc(O)c5[nH]c(=O)ccc45)cc3)ccc2-c2ccccc2)CC1. The quantitative estimate of drug-likeness (QED) is 0.0501. The molecule has 1 aromatic heterocycles. The Bertz CT molecular complexity index is 2470. The minimum Gasteiger partial charge on any atom is -0.506 e. The van der Waals surface area contributed by atoms with Crippen molar-refractivity contribution < 1.29 is 24.9 Å². The molecule has 11 nitrogen and oxygen atoms in total. The second-order valence-corrected chi connectivity index (χ2v) is 16.4. The van der Waals surface area contributed by atoms with Gasteiger partial charge in [0.2, 0.25) is 11.5 Å². The molecular formula is C51H57N5O6. The number of phenolic OH excluding ortho intramolecular Hbond substituents is 1. The summed E-state index contributed by atoms with van der Waals surface area (Å²) in [6.45, 7) is 1.74. The molecule has 1 unspecified atom stereocenters. The summed E-state index contributed by atoms with van der Waals surface area (Å²) in [7, 11) is 2.20. The number of pyridine rings is 1. The molecule has 322 valence electrons. The van der Waals surface area contributed by atoms with Crippen molar-refractivity contribution in [3.63, 3.8) is 0 Å². The van der Waals surface area contributed by atoms with E-state index in [4.69, 9.17) is 0 Å². The summed E-state index contributed by atoms with van der Waals surface area (Å²) in [6, 6.07) is 40.5. The van der Waals surface area contributed by atoms with E-state index in [0.717, 1.165) is 67.3 Å². The number of amides is 2. The molecule has 0 saturated heterocycles. The number of hydrogen-bond donors (Lipinski definition) is 6. The van der Waals surface area contributed by atoms with Gasteiger partial charge in [-0.3, -0.25) is 14.5 Å². The predicted molar refractivity (Wildman–Crippen MR) is 247 cm³/mol. The Hall–Kier alpha value is -6.27. The molecule has 2 amide bonds. The van der Waals surface area contributed by atoms with Gasteiger partial charge in [0.15, 0.2) is 0 Å². The minimum absolute atomic E-state index is 0.0570. The number of phenols is 1. The van der Waals surface area contributed by atoms with E-state index in [9.17, 15) is 29.7 Å². The highest BCUT2D eigenvalue weighted by Crippen LogP contribution is 2.37. The maximum absolute atomic E-state index is 13.1. The number of hydrogen-bond acceptors (Lipinski definition) is 7. The van der Waals surface area contributed by atoms with Gasteiger partial charge >= 0.3 is 6.09 Å². The number of aromatic hydroxyl groups is 1. The number of benzene rings is 5. The standard InChI is InChI=1S/C51H57N5O6/c1-55(31-9-13-35-10-4-2-5-11-35)40-22-24-41(25-23-40)56(51(61)62)45-32-36(19-26-42(45)38-14-6-3-7-15-38)12-8-16-48(59)53-39-20-17-37(18-21-39)33-52-34-47(58)43-27-29-46(57)50-44(43)28-30-49(60)54-50/h2-7,10-11,14-15,17-21,26-30,32,40-41,47,52,57-58H,8-9,12-13,16,22-25,31,33-34H2,1H3,(H,53,59)(H,54,60)(H,61,62)/t40-,41-,47?. The van der Waals surface area contributed by atoms with Crippen molar-refractivity contribution in [1.82, 2.24) is 15.2 Å². The highest BCUT2D eigenvalue weighted by atomic mass is 16.4. The van der Waals surface area contributed by atoms with Crippen LogP contribution in [0.1, 0.15) is 73.3 Å². The van der Waals surface area contributed by atoms with Crippen LogP contribution in [-0.2, 0) is 24.2 Å². The zero-order chi connectivity index (χ0) is 43.4. The van der Waals surface area contributed by atoms with Gasteiger partial charge in [-0.05, 0) is 123 Å². The van der Waals surface area contributed by atoms with E-state index < -0.39 is 12.2 Å². The lowest BCUT2D eigenvalue weighted by atomic mass is 9.88. The van der Waals surface area contributed by atoms with Crippen molar-refractivity contribution in [1.29, 1.82) is 0 Å². The normalized spacial score (nSPS) is 15.7. The van der Waals surface area contributed by atoms with E-state index in [1.807, 2.05) is 78.9 Å². The van der Waals surface area contributed by atoms with Gasteiger partial charge in [-0.25, -0.2) is 4.79 Å². The third kappa shape index (κ3) is 11.3. The summed E-state index contributed by atoms with van der Waals surface area (Å²) in [4.78, 5) is 44.6. The predicted octanol–water partition coefficient (Wildman–Crippen LogP) is 9.05. The number of fused-ring (bicyclic) bond motifs is 1. The molecule has 0 aliphatic heterocycles. The van der Waals surface area contributed by atoms with Crippen LogP contribution < -0.4 is 21.1 Å². The van der Waals surface area contributed by atoms with Crippen LogP contribution in [0.25, 0.3) is 22.0 Å². The number of aryl methyl sites for hydroxylation is 2. The fourth-order valence-corrected chi connectivity index (χ4v) is 8.76. The first-order valence-electron chi connectivity index (χ1n) is 21.7. The van der Waals surface area contributed by atoms with E-state index in [0.29, 0.717) is 59.7 Å². The number of H-pyrrole nitrogens is 1. The number of aromatic amines is 1. The highest BCUT2D eigenvalue weighted by Gasteiger charge is 2.32. The van der Waals surface area contributed by atoms with Gasteiger partial charge in [-0.1, -0.05) is 91.0 Å².